The van der Waals surface area contributed by atoms with Crippen LogP contribution in [0.2, 0.25) is 0 Å². The van der Waals surface area contributed by atoms with Gasteiger partial charge in [0, 0.05) is 18.7 Å². The van der Waals surface area contributed by atoms with E-state index in [0.29, 0.717) is 5.84 Å². The number of amidine groups is 1. The van der Waals surface area contributed by atoms with Crippen LogP contribution in [0.1, 0.15) is 18.4 Å². The van der Waals surface area contributed by atoms with E-state index in [-0.39, 0.29) is 12.5 Å². The summed E-state index contributed by atoms with van der Waals surface area (Å²) in [4.78, 5) is 17.7. The molecule has 2 N–H and O–H groups in total. The quantitative estimate of drug-likeness (QED) is 0.623. The van der Waals surface area contributed by atoms with Crippen LogP contribution in [0, 0.1) is 0 Å². The topological polar surface area (TPSA) is 58.7 Å². The Hall–Kier alpha value is -1.84. The van der Waals surface area contributed by atoms with E-state index in [1.54, 1.807) is 0 Å². The van der Waals surface area contributed by atoms with E-state index >= 15 is 0 Å². The lowest BCUT2D eigenvalue weighted by Crippen LogP contribution is -2.30. The summed E-state index contributed by atoms with van der Waals surface area (Å²) in [6, 6.07) is 9.50. The largest absolute Gasteiger partial charge is 0.383 e. The maximum absolute atomic E-state index is 11.7. The Morgan fingerprint density at radius 1 is 1.24 bits per heavy atom. The van der Waals surface area contributed by atoms with Gasteiger partial charge >= 0.3 is 0 Å². The van der Waals surface area contributed by atoms with Crippen molar-refractivity contribution in [3.05, 3.63) is 35.9 Å². The van der Waals surface area contributed by atoms with Gasteiger partial charge in [-0.15, -0.1) is 0 Å². The van der Waals surface area contributed by atoms with Crippen LogP contribution >= 0.6 is 0 Å². The van der Waals surface area contributed by atoms with Gasteiger partial charge in [-0.2, -0.15) is 0 Å². The van der Waals surface area contributed by atoms with Gasteiger partial charge in [-0.25, -0.2) is 0 Å². The summed E-state index contributed by atoms with van der Waals surface area (Å²) in [5.41, 5.74) is 6.68. The lowest BCUT2D eigenvalue weighted by atomic mass is 10.2. The highest BCUT2D eigenvalue weighted by atomic mass is 16.2. The first-order chi connectivity index (χ1) is 8.27. The number of likely N-dealkylation sites (tertiary alicyclic amines) is 1. The molecule has 90 valence electrons. The maximum Gasteiger partial charge on any atom is 0.244 e. The van der Waals surface area contributed by atoms with Crippen molar-refractivity contribution in [3.8, 4) is 0 Å². The van der Waals surface area contributed by atoms with Crippen molar-refractivity contribution < 1.29 is 4.79 Å². The highest BCUT2D eigenvalue weighted by molar-refractivity contribution is 5.98. The molecule has 4 nitrogen and oxygen atoms in total. The number of nitrogens with zero attached hydrogens (tertiary/aromatic N) is 2. The molecule has 1 saturated heterocycles. The molecule has 0 aliphatic carbocycles. The second-order valence-electron chi connectivity index (χ2n) is 4.16. The van der Waals surface area contributed by atoms with E-state index in [4.69, 9.17) is 5.73 Å². The Balaban J connectivity index is 1.94. The molecule has 4 heteroatoms. The molecular weight excluding hydrogens is 214 g/mol. The van der Waals surface area contributed by atoms with Crippen LogP contribution in [0.4, 0.5) is 0 Å². The van der Waals surface area contributed by atoms with E-state index in [1.807, 2.05) is 35.2 Å². The molecule has 1 aliphatic rings. The molecule has 0 aromatic heterocycles. The van der Waals surface area contributed by atoms with Gasteiger partial charge in [-0.3, -0.25) is 9.79 Å². The summed E-state index contributed by atoms with van der Waals surface area (Å²) in [5.74, 6) is 0.500. The zero-order chi connectivity index (χ0) is 12.1. The molecule has 0 unspecified atom stereocenters. The van der Waals surface area contributed by atoms with Crippen LogP contribution in [0.25, 0.3) is 0 Å². The summed E-state index contributed by atoms with van der Waals surface area (Å²) in [5, 5.41) is 0. The molecule has 1 fully saturated rings. The SMILES string of the molecule is NC(=NCC(=O)N1CCCC1)c1ccccc1. The van der Waals surface area contributed by atoms with Gasteiger partial charge in [-0.1, -0.05) is 30.3 Å². The van der Waals surface area contributed by atoms with Gasteiger partial charge in [0.05, 0.1) is 0 Å². The highest BCUT2D eigenvalue weighted by Gasteiger charge is 2.16. The van der Waals surface area contributed by atoms with Crippen LogP contribution in [0.3, 0.4) is 0 Å². The normalized spacial score (nSPS) is 16.2. The predicted octanol–water partition coefficient (Wildman–Crippen LogP) is 1.01. The van der Waals surface area contributed by atoms with Crippen molar-refractivity contribution in [2.24, 2.45) is 10.7 Å². The number of hydrogen-bond donors (Lipinski definition) is 1. The third-order valence-electron chi connectivity index (χ3n) is 2.91. The molecule has 1 aliphatic heterocycles. The molecule has 0 saturated carbocycles. The average molecular weight is 231 g/mol. The molecule has 17 heavy (non-hydrogen) atoms. The Morgan fingerprint density at radius 2 is 1.88 bits per heavy atom. The van der Waals surface area contributed by atoms with Crippen LogP contribution in [0.15, 0.2) is 35.3 Å². The van der Waals surface area contributed by atoms with Crippen molar-refractivity contribution in [1.82, 2.24) is 4.90 Å². The number of carbonyl (C=O) groups excluding carboxylic acids is 1. The van der Waals surface area contributed by atoms with Crippen molar-refractivity contribution in [3.63, 3.8) is 0 Å². The second kappa shape index (κ2) is 5.48. The van der Waals surface area contributed by atoms with Gasteiger partial charge in [0.1, 0.15) is 12.4 Å². The Bertz CT molecular complexity index is 408. The van der Waals surface area contributed by atoms with Crippen LogP contribution in [-0.2, 0) is 4.79 Å². The first-order valence-corrected chi connectivity index (χ1v) is 5.90. The first-order valence-electron chi connectivity index (χ1n) is 5.90. The number of amides is 1. The van der Waals surface area contributed by atoms with Crippen molar-refractivity contribution in [1.29, 1.82) is 0 Å². The third-order valence-corrected chi connectivity index (χ3v) is 2.91. The Labute approximate surface area is 101 Å². The fraction of sp³-hybridized carbons (Fsp3) is 0.385. The van der Waals surface area contributed by atoms with E-state index < -0.39 is 0 Å². The summed E-state index contributed by atoms with van der Waals surface area (Å²) in [6.45, 7) is 1.87. The molecule has 0 atom stereocenters. The fourth-order valence-corrected chi connectivity index (χ4v) is 1.92. The molecule has 0 radical (unpaired) electrons. The summed E-state index contributed by atoms with van der Waals surface area (Å²) in [6.07, 6.45) is 2.20. The fourth-order valence-electron chi connectivity index (χ4n) is 1.92. The first kappa shape index (κ1) is 11.6. The minimum absolute atomic E-state index is 0.0707. The van der Waals surface area contributed by atoms with Crippen molar-refractivity contribution in [2.75, 3.05) is 19.6 Å². The van der Waals surface area contributed by atoms with E-state index in [1.165, 1.54) is 0 Å². The standard InChI is InChI=1S/C13H17N3O/c14-13(11-6-2-1-3-7-11)15-10-12(17)16-8-4-5-9-16/h1-3,6-7H,4-5,8-10H2,(H2,14,15). The number of aliphatic imine (C=N–C) groups is 1. The number of rotatable bonds is 3. The van der Waals surface area contributed by atoms with E-state index in [9.17, 15) is 4.79 Å². The van der Waals surface area contributed by atoms with Gasteiger partial charge in [-0.05, 0) is 12.8 Å². The number of carbonyl (C=O) groups is 1. The Kier molecular flexibility index (Phi) is 3.75. The zero-order valence-electron chi connectivity index (χ0n) is 9.80. The molecular formula is C13H17N3O. The number of nitrogens with two attached hydrogens (primary N) is 1. The third kappa shape index (κ3) is 3.06. The molecule has 1 aromatic carbocycles. The summed E-state index contributed by atoms with van der Waals surface area (Å²) in [7, 11) is 0. The molecule has 1 aromatic rings. The zero-order valence-corrected chi connectivity index (χ0v) is 9.80. The molecule has 0 bridgehead atoms. The monoisotopic (exact) mass is 231 g/mol. The molecule has 1 amide bonds. The van der Waals surface area contributed by atoms with Gasteiger partial charge in [0.25, 0.3) is 0 Å². The Morgan fingerprint density at radius 3 is 2.53 bits per heavy atom. The average Bonchev–Trinajstić information content (AvgIpc) is 2.90. The lowest BCUT2D eigenvalue weighted by molar-refractivity contribution is -0.128. The lowest BCUT2D eigenvalue weighted by Gasteiger charge is -2.13. The maximum atomic E-state index is 11.7. The van der Waals surface area contributed by atoms with Crippen molar-refractivity contribution >= 4 is 11.7 Å². The van der Waals surface area contributed by atoms with Gasteiger partial charge in [0.2, 0.25) is 5.91 Å². The molecule has 1 heterocycles. The van der Waals surface area contributed by atoms with Crippen LogP contribution in [-0.4, -0.2) is 36.3 Å². The predicted molar refractivity (Wildman–Crippen MR) is 67.8 cm³/mol. The minimum atomic E-state index is 0.0707. The highest BCUT2D eigenvalue weighted by Crippen LogP contribution is 2.07. The minimum Gasteiger partial charge on any atom is -0.383 e. The van der Waals surface area contributed by atoms with Gasteiger partial charge in [0.15, 0.2) is 0 Å². The molecule has 0 spiro atoms. The second-order valence-corrected chi connectivity index (χ2v) is 4.16. The van der Waals surface area contributed by atoms with Crippen LogP contribution < -0.4 is 5.73 Å². The number of hydrogen-bond acceptors (Lipinski definition) is 2. The van der Waals surface area contributed by atoms with Crippen molar-refractivity contribution in [2.45, 2.75) is 12.8 Å². The van der Waals surface area contributed by atoms with Crippen LogP contribution in [0.5, 0.6) is 0 Å². The molecule has 2 rings (SSSR count). The van der Waals surface area contributed by atoms with Gasteiger partial charge < -0.3 is 10.6 Å². The summed E-state index contributed by atoms with van der Waals surface area (Å²) < 4.78 is 0. The van der Waals surface area contributed by atoms with E-state index in [0.717, 1.165) is 31.5 Å². The summed E-state index contributed by atoms with van der Waals surface area (Å²) >= 11 is 0. The van der Waals surface area contributed by atoms with E-state index in [2.05, 4.69) is 4.99 Å². The smallest absolute Gasteiger partial charge is 0.244 e. The number of benzene rings is 1.